The fourth-order valence-corrected chi connectivity index (χ4v) is 3.90. The minimum Gasteiger partial charge on any atom is -0.495 e. The largest absolute Gasteiger partial charge is 0.495 e. The standard InChI is InChI=1S/C17H24OS/c1-4-6-9-13-14-10-8-11-15(18-3)17(14)19-16(13)12-7-5-2/h8,10-11H,4-7,9,12H2,1-3H3. The molecule has 104 valence electrons. The topological polar surface area (TPSA) is 9.23 Å². The highest BCUT2D eigenvalue weighted by Gasteiger charge is 2.14. The number of benzene rings is 1. The van der Waals surface area contributed by atoms with Gasteiger partial charge in [-0.15, -0.1) is 11.3 Å². The van der Waals surface area contributed by atoms with Crippen molar-refractivity contribution in [3.8, 4) is 5.75 Å². The zero-order valence-electron chi connectivity index (χ0n) is 12.3. The van der Waals surface area contributed by atoms with Crippen LogP contribution in [0.1, 0.15) is 50.0 Å². The van der Waals surface area contributed by atoms with Gasteiger partial charge in [-0.05, 0) is 42.7 Å². The van der Waals surface area contributed by atoms with E-state index in [2.05, 4.69) is 32.0 Å². The third-order valence-electron chi connectivity index (χ3n) is 3.62. The first-order valence-electron chi connectivity index (χ1n) is 7.39. The maximum Gasteiger partial charge on any atom is 0.136 e. The molecule has 0 radical (unpaired) electrons. The van der Waals surface area contributed by atoms with Crippen molar-refractivity contribution in [2.45, 2.75) is 52.4 Å². The molecule has 0 N–H and O–H groups in total. The van der Waals surface area contributed by atoms with E-state index in [1.165, 1.54) is 48.6 Å². The highest BCUT2D eigenvalue weighted by atomic mass is 32.1. The van der Waals surface area contributed by atoms with Gasteiger partial charge in [0.1, 0.15) is 5.75 Å². The summed E-state index contributed by atoms with van der Waals surface area (Å²) in [5.74, 6) is 1.03. The lowest BCUT2D eigenvalue weighted by atomic mass is 10.0. The molecule has 19 heavy (non-hydrogen) atoms. The molecule has 0 fully saturated rings. The van der Waals surface area contributed by atoms with Gasteiger partial charge in [0.15, 0.2) is 0 Å². The summed E-state index contributed by atoms with van der Waals surface area (Å²) in [6, 6.07) is 6.45. The summed E-state index contributed by atoms with van der Waals surface area (Å²) in [5.41, 5.74) is 1.58. The van der Waals surface area contributed by atoms with E-state index >= 15 is 0 Å². The molecular weight excluding hydrogens is 252 g/mol. The van der Waals surface area contributed by atoms with Crippen LogP contribution in [0.5, 0.6) is 5.75 Å². The monoisotopic (exact) mass is 276 g/mol. The van der Waals surface area contributed by atoms with Crippen LogP contribution in [-0.2, 0) is 12.8 Å². The molecule has 0 amide bonds. The maximum atomic E-state index is 5.52. The molecular formula is C17H24OS. The van der Waals surface area contributed by atoms with Gasteiger partial charge < -0.3 is 4.74 Å². The number of aryl methyl sites for hydroxylation is 2. The maximum absolute atomic E-state index is 5.52. The minimum absolute atomic E-state index is 1.03. The highest BCUT2D eigenvalue weighted by Crippen LogP contribution is 2.38. The fraction of sp³-hybridized carbons (Fsp3) is 0.529. The second kappa shape index (κ2) is 6.95. The third kappa shape index (κ3) is 3.11. The molecule has 2 heteroatoms. The van der Waals surface area contributed by atoms with Crippen LogP contribution in [0.2, 0.25) is 0 Å². The number of ether oxygens (including phenoxy) is 1. The summed E-state index contributed by atoms with van der Waals surface area (Å²) in [5, 5.41) is 1.42. The molecule has 0 bridgehead atoms. The number of hydrogen-bond acceptors (Lipinski definition) is 2. The molecule has 0 spiro atoms. The molecule has 1 nitrogen and oxygen atoms in total. The van der Waals surface area contributed by atoms with Crippen molar-refractivity contribution in [2.24, 2.45) is 0 Å². The van der Waals surface area contributed by atoms with Gasteiger partial charge in [0.2, 0.25) is 0 Å². The molecule has 1 heterocycles. The molecule has 0 saturated heterocycles. The quantitative estimate of drug-likeness (QED) is 0.640. The smallest absolute Gasteiger partial charge is 0.136 e. The van der Waals surface area contributed by atoms with Gasteiger partial charge in [-0.3, -0.25) is 0 Å². The highest BCUT2D eigenvalue weighted by molar-refractivity contribution is 7.19. The van der Waals surface area contributed by atoms with Crippen molar-refractivity contribution < 1.29 is 4.74 Å². The average Bonchev–Trinajstić information content (AvgIpc) is 2.80. The van der Waals surface area contributed by atoms with E-state index in [0.29, 0.717) is 0 Å². The fourth-order valence-electron chi connectivity index (χ4n) is 2.52. The predicted octanol–water partition coefficient (Wildman–Crippen LogP) is 5.60. The van der Waals surface area contributed by atoms with Crippen LogP contribution in [-0.4, -0.2) is 7.11 Å². The van der Waals surface area contributed by atoms with E-state index in [9.17, 15) is 0 Å². The Morgan fingerprint density at radius 1 is 1.05 bits per heavy atom. The summed E-state index contributed by atoms with van der Waals surface area (Å²) in [4.78, 5) is 1.58. The van der Waals surface area contributed by atoms with E-state index in [1.807, 2.05) is 11.3 Å². The Morgan fingerprint density at radius 2 is 1.79 bits per heavy atom. The lowest BCUT2D eigenvalue weighted by Gasteiger charge is -2.04. The Labute approximate surface area is 120 Å². The van der Waals surface area contributed by atoms with Crippen LogP contribution in [0.3, 0.4) is 0 Å². The first kappa shape index (κ1) is 14.4. The second-order valence-corrected chi connectivity index (χ2v) is 6.15. The van der Waals surface area contributed by atoms with Crippen molar-refractivity contribution in [3.05, 3.63) is 28.6 Å². The summed E-state index contributed by atoms with van der Waals surface area (Å²) in [6.07, 6.45) is 7.52. The molecule has 0 atom stereocenters. The summed E-state index contributed by atoms with van der Waals surface area (Å²) in [6.45, 7) is 4.53. The van der Waals surface area contributed by atoms with Gasteiger partial charge in [0, 0.05) is 4.88 Å². The van der Waals surface area contributed by atoms with Crippen molar-refractivity contribution in [1.82, 2.24) is 0 Å². The van der Waals surface area contributed by atoms with E-state index in [0.717, 1.165) is 5.75 Å². The van der Waals surface area contributed by atoms with Crippen LogP contribution < -0.4 is 4.74 Å². The molecule has 2 aromatic rings. The van der Waals surface area contributed by atoms with Gasteiger partial charge in [0.05, 0.1) is 11.8 Å². The predicted molar refractivity (Wildman–Crippen MR) is 85.6 cm³/mol. The van der Waals surface area contributed by atoms with Crippen molar-refractivity contribution in [3.63, 3.8) is 0 Å². The van der Waals surface area contributed by atoms with Crippen molar-refractivity contribution in [1.29, 1.82) is 0 Å². The number of unbranched alkanes of at least 4 members (excludes halogenated alkanes) is 2. The second-order valence-electron chi connectivity index (χ2n) is 5.05. The Morgan fingerprint density at radius 3 is 2.47 bits per heavy atom. The van der Waals surface area contributed by atoms with E-state index in [-0.39, 0.29) is 0 Å². The lowest BCUT2D eigenvalue weighted by Crippen LogP contribution is -1.90. The first-order chi connectivity index (χ1) is 9.31. The normalized spacial score (nSPS) is 11.1. The van der Waals surface area contributed by atoms with Crippen LogP contribution in [0.4, 0.5) is 0 Å². The van der Waals surface area contributed by atoms with Gasteiger partial charge >= 0.3 is 0 Å². The molecule has 0 aliphatic heterocycles. The summed E-state index contributed by atoms with van der Waals surface area (Å²) < 4.78 is 6.85. The Kier molecular flexibility index (Phi) is 5.26. The number of methoxy groups -OCH3 is 1. The SMILES string of the molecule is CCCCc1sc2c(OC)cccc2c1CCCC. The molecule has 0 aliphatic rings. The molecule has 2 rings (SSSR count). The zero-order valence-corrected chi connectivity index (χ0v) is 13.1. The third-order valence-corrected chi connectivity index (χ3v) is 4.95. The van der Waals surface area contributed by atoms with Crippen LogP contribution in [0, 0.1) is 0 Å². The Hall–Kier alpha value is -1.02. The summed E-state index contributed by atoms with van der Waals surface area (Å²) in [7, 11) is 1.77. The summed E-state index contributed by atoms with van der Waals surface area (Å²) >= 11 is 1.94. The molecule has 0 unspecified atom stereocenters. The number of rotatable bonds is 7. The average molecular weight is 276 g/mol. The van der Waals surface area contributed by atoms with E-state index < -0.39 is 0 Å². The number of thiophene rings is 1. The molecule has 1 aromatic carbocycles. The van der Waals surface area contributed by atoms with Crippen LogP contribution >= 0.6 is 11.3 Å². The minimum atomic E-state index is 1.03. The van der Waals surface area contributed by atoms with E-state index in [1.54, 1.807) is 17.6 Å². The van der Waals surface area contributed by atoms with Crippen molar-refractivity contribution >= 4 is 21.4 Å². The Balaban J connectivity index is 2.45. The lowest BCUT2D eigenvalue weighted by molar-refractivity contribution is 0.420. The Bertz CT molecular complexity index is 527. The van der Waals surface area contributed by atoms with Gasteiger partial charge in [-0.25, -0.2) is 0 Å². The van der Waals surface area contributed by atoms with Crippen LogP contribution in [0.25, 0.3) is 10.1 Å². The molecule has 0 aliphatic carbocycles. The van der Waals surface area contributed by atoms with Crippen LogP contribution in [0.15, 0.2) is 18.2 Å². The van der Waals surface area contributed by atoms with Crippen molar-refractivity contribution in [2.75, 3.05) is 7.11 Å². The van der Waals surface area contributed by atoms with Gasteiger partial charge in [-0.2, -0.15) is 0 Å². The first-order valence-corrected chi connectivity index (χ1v) is 8.20. The number of fused-ring (bicyclic) bond motifs is 1. The zero-order chi connectivity index (χ0) is 13.7. The number of hydrogen-bond donors (Lipinski definition) is 0. The van der Waals surface area contributed by atoms with E-state index in [4.69, 9.17) is 4.74 Å². The van der Waals surface area contributed by atoms with Gasteiger partial charge in [0.25, 0.3) is 0 Å². The molecule has 0 saturated carbocycles. The van der Waals surface area contributed by atoms with Gasteiger partial charge in [-0.1, -0.05) is 38.8 Å². The molecule has 1 aromatic heterocycles.